The number of benzene rings is 1. The van der Waals surface area contributed by atoms with Crippen LogP contribution in [0.5, 0.6) is 0 Å². The zero-order valence-electron chi connectivity index (χ0n) is 20.8. The van der Waals surface area contributed by atoms with Gasteiger partial charge in [0.25, 0.3) is 11.5 Å². The van der Waals surface area contributed by atoms with Gasteiger partial charge >= 0.3 is 0 Å². The van der Waals surface area contributed by atoms with Gasteiger partial charge in [-0.2, -0.15) is 0 Å². The Bertz CT molecular complexity index is 1590. The highest BCUT2D eigenvalue weighted by Crippen LogP contribution is 2.40. The van der Waals surface area contributed by atoms with E-state index >= 15 is 0 Å². The molecule has 2 aromatic heterocycles. The second-order valence-electron chi connectivity index (χ2n) is 9.97. The van der Waals surface area contributed by atoms with E-state index in [0.717, 1.165) is 43.7 Å². The summed E-state index contributed by atoms with van der Waals surface area (Å²) in [7, 11) is -2.09. The lowest BCUT2D eigenvalue weighted by molar-refractivity contribution is -0.127. The Labute approximate surface area is 218 Å². The standard InChI is InChI=1S/C24H27ClN6O5S/c1-13-7-15(14(2)26-17-5-6-18(25)27-20(17)21(32)29-37(4,34)35)19-16(8-13)22(33)30(3)23(28-19)31-9-24(10-31)11-36-12-24/h5-8,14,26H,9-12H2,1-4H3,(H,29,32)/t14-/m1/s1. The number of anilines is 2. The van der Waals surface area contributed by atoms with Crippen LogP contribution in [0, 0.1) is 12.3 Å². The summed E-state index contributed by atoms with van der Waals surface area (Å²) >= 11 is 5.99. The SMILES string of the molecule is Cc1cc([C@@H](C)Nc2ccc(Cl)nc2C(=O)NS(C)(=O)=O)c2nc(N3CC4(COC4)C3)n(C)c(=O)c2c1. The van der Waals surface area contributed by atoms with Gasteiger partial charge in [-0.05, 0) is 37.6 Å². The van der Waals surface area contributed by atoms with E-state index in [1.807, 2.05) is 30.7 Å². The van der Waals surface area contributed by atoms with Crippen molar-refractivity contribution in [1.29, 1.82) is 0 Å². The average Bonchev–Trinajstić information content (AvgIpc) is 2.75. The first-order valence-corrected chi connectivity index (χ1v) is 13.9. The number of carbonyl (C=O) groups is 1. The van der Waals surface area contributed by atoms with Gasteiger partial charge < -0.3 is 15.0 Å². The Kier molecular flexibility index (Phi) is 6.16. The number of sulfonamides is 1. The number of hydrogen-bond donors (Lipinski definition) is 2. The van der Waals surface area contributed by atoms with Gasteiger partial charge in [-0.25, -0.2) is 23.1 Å². The molecule has 2 saturated heterocycles. The minimum Gasteiger partial charge on any atom is -0.380 e. The van der Waals surface area contributed by atoms with E-state index in [1.165, 1.54) is 6.07 Å². The van der Waals surface area contributed by atoms with Crippen molar-refractivity contribution in [2.75, 3.05) is 42.8 Å². The minimum atomic E-state index is -3.81. The van der Waals surface area contributed by atoms with Gasteiger partial charge in [-0.1, -0.05) is 17.7 Å². The summed E-state index contributed by atoms with van der Waals surface area (Å²) < 4.78 is 32.1. The topological polar surface area (TPSA) is 136 Å². The molecule has 3 aromatic rings. The van der Waals surface area contributed by atoms with E-state index in [4.69, 9.17) is 21.3 Å². The maximum absolute atomic E-state index is 13.4. The number of hydrogen-bond acceptors (Lipinski definition) is 9. The molecule has 0 radical (unpaired) electrons. The zero-order chi connectivity index (χ0) is 26.7. The molecule has 5 rings (SSSR count). The molecule has 1 amide bonds. The fraction of sp³-hybridized carbons (Fsp3) is 0.417. The molecule has 0 aliphatic carbocycles. The minimum absolute atomic E-state index is 0.0387. The molecule has 0 saturated carbocycles. The van der Waals surface area contributed by atoms with Gasteiger partial charge in [-0.3, -0.25) is 14.2 Å². The molecule has 4 heterocycles. The molecular formula is C24H27ClN6O5S. The molecule has 13 heteroatoms. The molecule has 0 bridgehead atoms. The van der Waals surface area contributed by atoms with Crippen LogP contribution >= 0.6 is 11.6 Å². The van der Waals surface area contributed by atoms with Gasteiger partial charge in [0.1, 0.15) is 5.15 Å². The lowest BCUT2D eigenvalue weighted by Crippen LogP contribution is -2.66. The number of rotatable bonds is 6. The van der Waals surface area contributed by atoms with E-state index in [-0.39, 0.29) is 27.5 Å². The molecular weight excluding hydrogens is 520 g/mol. The highest BCUT2D eigenvalue weighted by molar-refractivity contribution is 7.89. The molecule has 37 heavy (non-hydrogen) atoms. The van der Waals surface area contributed by atoms with Crippen LogP contribution in [0.4, 0.5) is 11.6 Å². The summed E-state index contributed by atoms with van der Waals surface area (Å²) in [5.74, 6) is -0.316. The fourth-order valence-corrected chi connectivity index (χ4v) is 5.47. The lowest BCUT2D eigenvalue weighted by atomic mass is 9.78. The third kappa shape index (κ3) is 4.76. The normalized spacial score (nSPS) is 17.3. The van der Waals surface area contributed by atoms with Gasteiger partial charge in [0.05, 0.1) is 47.5 Å². The molecule has 2 fully saturated rings. The number of nitrogens with zero attached hydrogens (tertiary/aromatic N) is 4. The Morgan fingerprint density at radius 1 is 1.22 bits per heavy atom. The summed E-state index contributed by atoms with van der Waals surface area (Å²) in [6.45, 7) is 6.77. The van der Waals surface area contributed by atoms with Crippen molar-refractivity contribution in [3.63, 3.8) is 0 Å². The first-order valence-electron chi connectivity index (χ1n) is 11.6. The fourth-order valence-electron chi connectivity index (χ4n) is 4.88. The quantitative estimate of drug-likeness (QED) is 0.445. The van der Waals surface area contributed by atoms with E-state index in [2.05, 4.69) is 15.2 Å². The monoisotopic (exact) mass is 546 g/mol. The Morgan fingerprint density at radius 3 is 2.54 bits per heavy atom. The molecule has 0 unspecified atom stereocenters. The van der Waals surface area contributed by atoms with Gasteiger partial charge in [0.2, 0.25) is 16.0 Å². The first kappa shape index (κ1) is 25.4. The predicted molar refractivity (Wildman–Crippen MR) is 141 cm³/mol. The van der Waals surface area contributed by atoms with Crippen LogP contribution in [-0.4, -0.2) is 61.4 Å². The van der Waals surface area contributed by atoms with Crippen molar-refractivity contribution in [1.82, 2.24) is 19.3 Å². The molecule has 11 nitrogen and oxygen atoms in total. The molecule has 2 N–H and O–H groups in total. The summed E-state index contributed by atoms with van der Waals surface area (Å²) in [6, 6.07) is 6.38. The number of pyridine rings is 1. The lowest BCUT2D eigenvalue weighted by Gasteiger charge is -2.55. The van der Waals surface area contributed by atoms with Crippen LogP contribution < -0.4 is 20.5 Å². The van der Waals surface area contributed by atoms with Crippen LogP contribution in [0.3, 0.4) is 0 Å². The average molecular weight is 547 g/mol. The predicted octanol–water partition coefficient (Wildman–Crippen LogP) is 1.99. The number of halogens is 1. The molecule has 1 atom stereocenters. The number of nitrogens with one attached hydrogen (secondary N) is 2. The summed E-state index contributed by atoms with van der Waals surface area (Å²) in [5.41, 5.74) is 2.30. The van der Waals surface area contributed by atoms with Crippen LogP contribution in [-0.2, 0) is 21.8 Å². The number of aryl methyl sites for hydroxylation is 1. The Balaban J connectivity index is 1.53. The van der Waals surface area contributed by atoms with Crippen LogP contribution in [0.1, 0.15) is 34.6 Å². The van der Waals surface area contributed by atoms with Gasteiger partial charge in [0, 0.05) is 25.7 Å². The summed E-state index contributed by atoms with van der Waals surface area (Å²) in [4.78, 5) is 37.0. The molecule has 1 aromatic carbocycles. The largest absolute Gasteiger partial charge is 0.380 e. The zero-order valence-corrected chi connectivity index (χ0v) is 22.4. The second kappa shape index (κ2) is 8.96. The number of ether oxygens (including phenoxy) is 1. The summed E-state index contributed by atoms with van der Waals surface area (Å²) in [6.07, 6.45) is 0.881. The van der Waals surface area contributed by atoms with Crippen molar-refractivity contribution in [2.45, 2.75) is 19.9 Å². The highest BCUT2D eigenvalue weighted by Gasteiger charge is 2.50. The Hall–Kier alpha value is -3.22. The van der Waals surface area contributed by atoms with Crippen molar-refractivity contribution in [3.8, 4) is 0 Å². The van der Waals surface area contributed by atoms with Crippen LogP contribution in [0.25, 0.3) is 10.9 Å². The molecule has 2 aliphatic heterocycles. The van der Waals surface area contributed by atoms with E-state index in [1.54, 1.807) is 17.7 Å². The highest BCUT2D eigenvalue weighted by atomic mass is 35.5. The van der Waals surface area contributed by atoms with Gasteiger partial charge in [-0.15, -0.1) is 0 Å². The molecule has 2 aliphatic rings. The third-order valence-corrected chi connectivity index (χ3v) is 7.44. The number of amides is 1. The van der Waals surface area contributed by atoms with Crippen molar-refractivity contribution < 1.29 is 17.9 Å². The van der Waals surface area contributed by atoms with Crippen LogP contribution in [0.2, 0.25) is 5.15 Å². The van der Waals surface area contributed by atoms with E-state index < -0.39 is 22.0 Å². The third-order valence-electron chi connectivity index (χ3n) is 6.68. The first-order chi connectivity index (χ1) is 17.4. The Morgan fingerprint density at radius 2 is 1.92 bits per heavy atom. The molecule has 196 valence electrons. The molecule has 1 spiro atoms. The van der Waals surface area contributed by atoms with E-state index in [9.17, 15) is 18.0 Å². The van der Waals surface area contributed by atoms with Crippen molar-refractivity contribution >= 4 is 50.1 Å². The van der Waals surface area contributed by atoms with E-state index in [0.29, 0.717) is 16.9 Å². The van der Waals surface area contributed by atoms with Crippen LogP contribution in [0.15, 0.2) is 29.1 Å². The second-order valence-corrected chi connectivity index (χ2v) is 12.1. The summed E-state index contributed by atoms with van der Waals surface area (Å²) in [5, 5.41) is 3.75. The number of aromatic nitrogens is 3. The van der Waals surface area contributed by atoms with Crippen molar-refractivity contribution in [3.05, 3.63) is 56.6 Å². The maximum Gasteiger partial charge on any atom is 0.285 e. The number of fused-ring (bicyclic) bond motifs is 1. The van der Waals surface area contributed by atoms with Crippen molar-refractivity contribution in [2.24, 2.45) is 12.5 Å². The van der Waals surface area contributed by atoms with Gasteiger partial charge in [0.15, 0.2) is 5.69 Å². The smallest absolute Gasteiger partial charge is 0.285 e. The number of carbonyl (C=O) groups excluding carboxylic acids is 1. The maximum atomic E-state index is 13.4.